The van der Waals surface area contributed by atoms with Gasteiger partial charge < -0.3 is 4.74 Å². The van der Waals surface area contributed by atoms with Gasteiger partial charge in [0.05, 0.1) is 12.4 Å². The zero-order valence-corrected chi connectivity index (χ0v) is 9.75. The second-order valence-electron chi connectivity index (χ2n) is 3.00. The van der Waals surface area contributed by atoms with Crippen molar-refractivity contribution in [3.63, 3.8) is 0 Å². The maximum Gasteiger partial charge on any atom is 0.315 e. The predicted octanol–water partition coefficient (Wildman–Crippen LogP) is 2.46. The Morgan fingerprint density at radius 2 is 2.08 bits per heavy atom. The van der Waals surface area contributed by atoms with Gasteiger partial charge in [-0.15, -0.1) is 0 Å². The molecule has 4 heteroatoms. The molecule has 0 bridgehead atoms. The van der Waals surface area contributed by atoms with Crippen molar-refractivity contribution in [2.75, 3.05) is 23.9 Å². The molecule has 12 heavy (non-hydrogen) atoms. The average molecular weight is 255 g/mol. The Kier molecular flexibility index (Phi) is 3.90. The first-order valence-corrected chi connectivity index (χ1v) is 8.26. The first-order chi connectivity index (χ1) is 5.66. The SMILES string of the molecule is CCOC(=O)CS1(Br)CCCC1. The van der Waals surface area contributed by atoms with Gasteiger partial charge >= 0.3 is 5.97 Å². The van der Waals surface area contributed by atoms with E-state index in [0.717, 1.165) is 0 Å². The number of halogens is 1. The zero-order chi connectivity index (χ0) is 9.03. The monoisotopic (exact) mass is 254 g/mol. The van der Waals surface area contributed by atoms with E-state index in [-0.39, 0.29) is 5.97 Å². The van der Waals surface area contributed by atoms with E-state index >= 15 is 0 Å². The van der Waals surface area contributed by atoms with E-state index in [4.69, 9.17) is 4.74 Å². The van der Waals surface area contributed by atoms with Crippen LogP contribution >= 0.6 is 23.3 Å². The average Bonchev–Trinajstić information content (AvgIpc) is 2.36. The van der Waals surface area contributed by atoms with E-state index < -0.39 is 8.46 Å². The van der Waals surface area contributed by atoms with Crippen LogP contribution in [0.2, 0.25) is 0 Å². The molecule has 0 aromatic heterocycles. The van der Waals surface area contributed by atoms with Gasteiger partial charge in [0.25, 0.3) is 0 Å². The van der Waals surface area contributed by atoms with Crippen LogP contribution in [-0.2, 0) is 9.53 Å². The third-order valence-corrected chi connectivity index (χ3v) is 7.38. The molecule has 0 atom stereocenters. The number of carbonyl (C=O) groups is 1. The molecule has 1 fully saturated rings. The standard InChI is InChI=1S/C8H15BrO2S/c1-2-11-8(10)7-12(9)5-3-4-6-12/h2-7H2,1H3. The third-order valence-electron chi connectivity index (χ3n) is 1.95. The minimum atomic E-state index is -0.787. The smallest absolute Gasteiger partial charge is 0.315 e. The molecular weight excluding hydrogens is 240 g/mol. The summed E-state index contributed by atoms with van der Waals surface area (Å²) < 4.78 is 4.92. The first kappa shape index (κ1) is 10.4. The normalized spacial score (nSPS) is 23.5. The summed E-state index contributed by atoms with van der Waals surface area (Å²) in [7, 11) is -0.787. The molecule has 1 rings (SSSR count). The van der Waals surface area contributed by atoms with Crippen molar-refractivity contribution in [3.8, 4) is 0 Å². The van der Waals surface area contributed by atoms with Gasteiger partial charge in [-0.05, 0) is 46.1 Å². The summed E-state index contributed by atoms with van der Waals surface area (Å²) in [4.78, 5) is 11.2. The van der Waals surface area contributed by atoms with Crippen molar-refractivity contribution >= 4 is 29.2 Å². The van der Waals surface area contributed by atoms with Crippen LogP contribution in [0.4, 0.5) is 0 Å². The van der Waals surface area contributed by atoms with E-state index in [0.29, 0.717) is 12.4 Å². The number of hydrogen-bond donors (Lipinski definition) is 0. The molecule has 1 saturated heterocycles. The van der Waals surface area contributed by atoms with Crippen molar-refractivity contribution in [1.29, 1.82) is 0 Å². The van der Waals surface area contributed by atoms with Gasteiger partial charge in [0.1, 0.15) is 0 Å². The van der Waals surface area contributed by atoms with Gasteiger partial charge in [0.2, 0.25) is 0 Å². The Hall–Kier alpha value is 0.300. The van der Waals surface area contributed by atoms with Crippen LogP contribution < -0.4 is 0 Å². The molecule has 1 aliphatic heterocycles. The van der Waals surface area contributed by atoms with Crippen LogP contribution in [0.1, 0.15) is 19.8 Å². The van der Waals surface area contributed by atoms with Crippen molar-refractivity contribution in [3.05, 3.63) is 0 Å². The third kappa shape index (κ3) is 2.98. The van der Waals surface area contributed by atoms with E-state index in [1.165, 1.54) is 24.3 Å². The highest BCUT2D eigenvalue weighted by Crippen LogP contribution is 2.60. The molecule has 0 aromatic carbocycles. The molecule has 0 saturated carbocycles. The molecule has 0 spiro atoms. The number of ether oxygens (including phenoxy) is 1. The van der Waals surface area contributed by atoms with Crippen LogP contribution in [-0.4, -0.2) is 29.8 Å². The van der Waals surface area contributed by atoms with Gasteiger partial charge in [-0.25, -0.2) is 0 Å². The number of esters is 1. The summed E-state index contributed by atoms with van der Waals surface area (Å²) in [5.74, 6) is 2.95. The van der Waals surface area contributed by atoms with E-state index in [1.54, 1.807) is 0 Å². The van der Waals surface area contributed by atoms with Gasteiger partial charge in [0.15, 0.2) is 0 Å². The number of carbonyl (C=O) groups excluding carboxylic acids is 1. The summed E-state index contributed by atoms with van der Waals surface area (Å²) in [6, 6.07) is 0. The molecule has 0 N–H and O–H groups in total. The summed E-state index contributed by atoms with van der Waals surface area (Å²) in [6.07, 6.45) is 2.53. The molecule has 0 aromatic rings. The lowest BCUT2D eigenvalue weighted by molar-refractivity contribution is -0.139. The number of hydrogen-bond acceptors (Lipinski definition) is 2. The van der Waals surface area contributed by atoms with Crippen LogP contribution in [0.25, 0.3) is 0 Å². The van der Waals surface area contributed by atoms with Crippen LogP contribution in [0.15, 0.2) is 0 Å². The molecule has 1 aliphatic rings. The Morgan fingerprint density at radius 3 is 2.58 bits per heavy atom. The quantitative estimate of drug-likeness (QED) is 0.724. The van der Waals surface area contributed by atoms with E-state index in [1.807, 2.05) is 6.92 Å². The molecule has 2 nitrogen and oxygen atoms in total. The minimum absolute atomic E-state index is 0.0359. The molecule has 0 amide bonds. The van der Waals surface area contributed by atoms with Crippen molar-refractivity contribution in [2.24, 2.45) is 0 Å². The highest BCUT2D eigenvalue weighted by Gasteiger charge is 2.28. The number of rotatable bonds is 3. The minimum Gasteiger partial charge on any atom is -0.465 e. The Bertz CT molecular complexity index is 166. The van der Waals surface area contributed by atoms with E-state index in [2.05, 4.69) is 14.8 Å². The highest BCUT2D eigenvalue weighted by atomic mass is 79.9. The second-order valence-corrected chi connectivity index (χ2v) is 10.1. The lowest BCUT2D eigenvalue weighted by Gasteiger charge is -2.25. The van der Waals surface area contributed by atoms with Crippen LogP contribution in [0.3, 0.4) is 0 Å². The maximum absolute atomic E-state index is 11.2. The fourth-order valence-corrected chi connectivity index (χ4v) is 5.76. The summed E-state index contributed by atoms with van der Waals surface area (Å²) >= 11 is 3.70. The van der Waals surface area contributed by atoms with E-state index in [9.17, 15) is 4.79 Å². The lowest BCUT2D eigenvalue weighted by atomic mass is 10.4. The second kappa shape index (κ2) is 4.51. The molecular formula is C8H15BrO2S. The summed E-state index contributed by atoms with van der Waals surface area (Å²) in [5.41, 5.74) is 0. The zero-order valence-electron chi connectivity index (χ0n) is 7.35. The Balaban J connectivity index is 2.33. The molecule has 0 aliphatic carbocycles. The molecule has 0 radical (unpaired) electrons. The van der Waals surface area contributed by atoms with Gasteiger partial charge in [-0.2, -0.15) is 8.46 Å². The van der Waals surface area contributed by atoms with Gasteiger partial charge in [-0.1, -0.05) is 0 Å². The van der Waals surface area contributed by atoms with Crippen molar-refractivity contribution < 1.29 is 9.53 Å². The van der Waals surface area contributed by atoms with Crippen molar-refractivity contribution in [2.45, 2.75) is 19.8 Å². The lowest BCUT2D eigenvalue weighted by Crippen LogP contribution is -2.14. The predicted molar refractivity (Wildman–Crippen MR) is 57.0 cm³/mol. The summed E-state index contributed by atoms with van der Waals surface area (Å²) in [6.45, 7) is 2.35. The highest BCUT2D eigenvalue weighted by molar-refractivity contribution is 9.58. The molecule has 0 unspecified atom stereocenters. The molecule has 1 heterocycles. The largest absolute Gasteiger partial charge is 0.465 e. The molecule has 72 valence electrons. The summed E-state index contributed by atoms with van der Waals surface area (Å²) in [5, 5.41) is 0. The maximum atomic E-state index is 11.2. The Morgan fingerprint density at radius 1 is 1.50 bits per heavy atom. The van der Waals surface area contributed by atoms with Gasteiger partial charge in [-0.3, -0.25) is 4.79 Å². The topological polar surface area (TPSA) is 26.3 Å². The fourth-order valence-electron chi connectivity index (χ4n) is 1.38. The van der Waals surface area contributed by atoms with Crippen LogP contribution in [0.5, 0.6) is 0 Å². The Labute approximate surface area is 82.6 Å². The van der Waals surface area contributed by atoms with Crippen LogP contribution in [0, 0.1) is 0 Å². The fraction of sp³-hybridized carbons (Fsp3) is 0.875. The van der Waals surface area contributed by atoms with Crippen molar-refractivity contribution in [1.82, 2.24) is 0 Å². The van der Waals surface area contributed by atoms with Gasteiger partial charge in [0, 0.05) is 0 Å². The first-order valence-electron chi connectivity index (χ1n) is 4.28.